The van der Waals surface area contributed by atoms with Crippen molar-refractivity contribution in [1.82, 2.24) is 19.3 Å². The summed E-state index contributed by atoms with van der Waals surface area (Å²) in [5, 5.41) is 13.8. The molecule has 0 bridgehead atoms. The van der Waals surface area contributed by atoms with E-state index in [1.807, 2.05) is 30.3 Å². The minimum Gasteiger partial charge on any atom is -0.272 e. The maximum Gasteiger partial charge on any atom is 0.346 e. The van der Waals surface area contributed by atoms with Crippen LogP contribution in [0.5, 0.6) is 0 Å². The summed E-state index contributed by atoms with van der Waals surface area (Å²) in [6, 6.07) is 13.4. The number of rotatable bonds is 4. The molecule has 0 radical (unpaired) electrons. The molecule has 24 heavy (non-hydrogen) atoms. The molecule has 6 nitrogen and oxygen atoms in total. The molecule has 2 heterocycles. The van der Waals surface area contributed by atoms with Gasteiger partial charge in [-0.25, -0.2) is 9.48 Å². The van der Waals surface area contributed by atoms with Crippen molar-refractivity contribution >= 4 is 0 Å². The van der Waals surface area contributed by atoms with Crippen LogP contribution in [-0.2, 0) is 6.54 Å². The van der Waals surface area contributed by atoms with E-state index in [9.17, 15) is 10.1 Å². The molecule has 0 atom stereocenters. The molecule has 1 aliphatic carbocycles. The summed E-state index contributed by atoms with van der Waals surface area (Å²) in [6.07, 6.45) is 5.40. The number of aromatic nitrogens is 4. The zero-order valence-corrected chi connectivity index (χ0v) is 13.0. The minimum absolute atomic E-state index is 0.135. The lowest BCUT2D eigenvalue weighted by Gasteiger charge is -2.02. The number of pyridine rings is 1. The van der Waals surface area contributed by atoms with Crippen molar-refractivity contribution in [2.75, 3.05) is 0 Å². The van der Waals surface area contributed by atoms with Crippen LogP contribution in [0.3, 0.4) is 0 Å². The van der Waals surface area contributed by atoms with Crippen LogP contribution in [-0.4, -0.2) is 19.3 Å². The predicted octanol–water partition coefficient (Wildman–Crippen LogP) is 2.36. The second-order valence-electron chi connectivity index (χ2n) is 5.88. The van der Waals surface area contributed by atoms with Crippen molar-refractivity contribution in [3.05, 3.63) is 70.4 Å². The average molecular weight is 317 g/mol. The van der Waals surface area contributed by atoms with Crippen LogP contribution in [0.1, 0.15) is 30.0 Å². The summed E-state index contributed by atoms with van der Waals surface area (Å²) in [5.74, 6) is 0.644. The zero-order valence-electron chi connectivity index (χ0n) is 13.0. The normalized spacial score (nSPS) is 13.6. The lowest BCUT2D eigenvalue weighted by atomic mass is 10.1. The monoisotopic (exact) mass is 317 g/mol. The molecule has 0 N–H and O–H groups in total. The quantitative estimate of drug-likeness (QED) is 0.740. The van der Waals surface area contributed by atoms with Crippen molar-refractivity contribution in [3.63, 3.8) is 0 Å². The zero-order chi connectivity index (χ0) is 16.5. The highest BCUT2D eigenvalue weighted by molar-refractivity contribution is 5.53. The van der Waals surface area contributed by atoms with Gasteiger partial charge < -0.3 is 0 Å². The summed E-state index contributed by atoms with van der Waals surface area (Å²) in [5.41, 5.74) is 2.05. The maximum absolute atomic E-state index is 12.8. The second kappa shape index (κ2) is 5.78. The molecule has 4 rings (SSSR count). The first-order valence-electron chi connectivity index (χ1n) is 7.85. The molecule has 0 aliphatic heterocycles. The number of hydrogen-bond acceptors (Lipinski definition) is 4. The summed E-state index contributed by atoms with van der Waals surface area (Å²) >= 11 is 0. The van der Waals surface area contributed by atoms with Crippen LogP contribution >= 0.6 is 0 Å². The van der Waals surface area contributed by atoms with E-state index in [-0.39, 0.29) is 18.3 Å². The molecular formula is C18H15N5O. The third-order valence-corrected chi connectivity index (χ3v) is 4.16. The van der Waals surface area contributed by atoms with Crippen molar-refractivity contribution in [2.45, 2.75) is 25.4 Å². The molecule has 118 valence electrons. The van der Waals surface area contributed by atoms with Crippen molar-refractivity contribution < 1.29 is 0 Å². The Kier molecular flexibility index (Phi) is 3.47. The molecule has 1 aliphatic rings. The summed E-state index contributed by atoms with van der Waals surface area (Å²) in [4.78, 5) is 16.9. The van der Waals surface area contributed by atoms with Gasteiger partial charge in [0.2, 0.25) is 0 Å². The van der Waals surface area contributed by atoms with Crippen LogP contribution in [0.15, 0.2) is 53.6 Å². The van der Waals surface area contributed by atoms with E-state index >= 15 is 0 Å². The Hall–Kier alpha value is -3.20. The van der Waals surface area contributed by atoms with Gasteiger partial charge in [-0.2, -0.15) is 5.26 Å². The molecule has 3 aromatic rings. The fourth-order valence-electron chi connectivity index (χ4n) is 2.81. The number of nitrogens with zero attached hydrogens (tertiary/aromatic N) is 5. The van der Waals surface area contributed by atoms with E-state index in [1.54, 1.807) is 23.0 Å². The van der Waals surface area contributed by atoms with Crippen LogP contribution < -0.4 is 5.69 Å². The van der Waals surface area contributed by atoms with Gasteiger partial charge in [0.05, 0.1) is 18.2 Å². The van der Waals surface area contributed by atoms with Crippen molar-refractivity contribution in [2.24, 2.45) is 0 Å². The van der Waals surface area contributed by atoms with E-state index in [4.69, 9.17) is 0 Å². The molecule has 1 saturated carbocycles. The van der Waals surface area contributed by atoms with Crippen LogP contribution in [0.25, 0.3) is 11.4 Å². The fourth-order valence-corrected chi connectivity index (χ4v) is 2.81. The third-order valence-electron chi connectivity index (χ3n) is 4.16. The Morgan fingerprint density at radius 1 is 1.21 bits per heavy atom. The SMILES string of the molecule is N#Cc1ccccc1Cn1nc(-c2cccnc2)n(C2CC2)c1=O. The van der Waals surface area contributed by atoms with E-state index in [0.29, 0.717) is 11.4 Å². The summed E-state index contributed by atoms with van der Waals surface area (Å²) in [7, 11) is 0. The Morgan fingerprint density at radius 2 is 2.04 bits per heavy atom. The van der Waals surface area contributed by atoms with Gasteiger partial charge in [-0.3, -0.25) is 9.55 Å². The molecule has 0 amide bonds. The number of hydrogen-bond donors (Lipinski definition) is 0. The second-order valence-corrected chi connectivity index (χ2v) is 5.88. The number of benzene rings is 1. The fraction of sp³-hybridized carbons (Fsp3) is 0.222. The lowest BCUT2D eigenvalue weighted by Crippen LogP contribution is -2.25. The highest BCUT2D eigenvalue weighted by atomic mass is 16.2. The first-order valence-corrected chi connectivity index (χ1v) is 7.85. The largest absolute Gasteiger partial charge is 0.346 e. The molecule has 1 aromatic carbocycles. The Labute approximate surface area is 138 Å². The van der Waals surface area contributed by atoms with Gasteiger partial charge in [0.15, 0.2) is 5.82 Å². The third kappa shape index (κ3) is 2.50. The van der Waals surface area contributed by atoms with E-state index in [1.165, 1.54) is 4.68 Å². The van der Waals surface area contributed by atoms with E-state index in [2.05, 4.69) is 16.2 Å². The molecule has 0 saturated heterocycles. The van der Waals surface area contributed by atoms with Gasteiger partial charge in [-0.1, -0.05) is 18.2 Å². The Balaban J connectivity index is 1.80. The minimum atomic E-state index is -0.135. The van der Waals surface area contributed by atoms with E-state index < -0.39 is 0 Å². The van der Waals surface area contributed by atoms with Crippen molar-refractivity contribution in [3.8, 4) is 17.5 Å². The van der Waals surface area contributed by atoms with E-state index in [0.717, 1.165) is 24.0 Å². The van der Waals surface area contributed by atoms with Crippen LogP contribution in [0, 0.1) is 11.3 Å². The predicted molar refractivity (Wildman–Crippen MR) is 88.2 cm³/mol. The highest BCUT2D eigenvalue weighted by Gasteiger charge is 2.30. The van der Waals surface area contributed by atoms with Gasteiger partial charge in [0, 0.05) is 24.0 Å². The average Bonchev–Trinajstić information content (AvgIpc) is 3.41. The van der Waals surface area contributed by atoms with Crippen LogP contribution in [0.2, 0.25) is 0 Å². The van der Waals surface area contributed by atoms with Gasteiger partial charge >= 0.3 is 5.69 Å². The maximum atomic E-state index is 12.8. The lowest BCUT2D eigenvalue weighted by molar-refractivity contribution is 0.625. The molecule has 1 fully saturated rings. The summed E-state index contributed by atoms with van der Waals surface area (Å²) < 4.78 is 3.20. The molecule has 0 spiro atoms. The standard InChI is InChI=1S/C18H15N5O/c19-10-13-4-1-2-5-15(13)12-22-18(24)23(16-7-8-16)17(21-22)14-6-3-9-20-11-14/h1-6,9,11,16H,7-8,12H2. The van der Waals surface area contributed by atoms with Gasteiger partial charge in [-0.05, 0) is 36.6 Å². The Bertz CT molecular complexity index is 977. The first-order chi connectivity index (χ1) is 11.8. The highest BCUT2D eigenvalue weighted by Crippen LogP contribution is 2.36. The molecule has 0 unspecified atom stereocenters. The van der Waals surface area contributed by atoms with Crippen LogP contribution in [0.4, 0.5) is 0 Å². The van der Waals surface area contributed by atoms with Crippen molar-refractivity contribution in [1.29, 1.82) is 5.26 Å². The molecule has 2 aromatic heterocycles. The van der Waals surface area contributed by atoms with Gasteiger partial charge in [-0.15, -0.1) is 5.10 Å². The Morgan fingerprint density at radius 3 is 2.75 bits per heavy atom. The molecule has 6 heteroatoms. The smallest absolute Gasteiger partial charge is 0.272 e. The topological polar surface area (TPSA) is 76.5 Å². The van der Waals surface area contributed by atoms with Gasteiger partial charge in [0.1, 0.15) is 0 Å². The number of nitriles is 1. The van der Waals surface area contributed by atoms with Gasteiger partial charge in [0.25, 0.3) is 0 Å². The summed E-state index contributed by atoms with van der Waals surface area (Å²) in [6.45, 7) is 0.287. The first kappa shape index (κ1) is 14.4. The molecular weight excluding hydrogens is 302 g/mol.